The molecule has 4 heteroatoms. The number of nitrogens with two attached hydrogens (primary N) is 1. The van der Waals surface area contributed by atoms with Crippen molar-refractivity contribution in [2.75, 3.05) is 0 Å². The minimum Gasteiger partial charge on any atom is -0.454 e. The van der Waals surface area contributed by atoms with Gasteiger partial charge in [0.05, 0.1) is 5.01 Å². The van der Waals surface area contributed by atoms with E-state index in [2.05, 4.69) is 25.3 Å². The van der Waals surface area contributed by atoms with E-state index < -0.39 is 0 Å². The largest absolute Gasteiger partial charge is 0.454 e. The molecule has 1 unspecified atom stereocenters. The number of thiazole rings is 1. The van der Waals surface area contributed by atoms with Crippen LogP contribution in [-0.2, 0) is 12.8 Å². The molecule has 2 aromatic heterocycles. The van der Waals surface area contributed by atoms with Crippen LogP contribution >= 0.6 is 11.3 Å². The number of aryl methyl sites for hydroxylation is 1. The fourth-order valence-electron chi connectivity index (χ4n) is 2.53. The van der Waals surface area contributed by atoms with Gasteiger partial charge in [0.25, 0.3) is 0 Å². The van der Waals surface area contributed by atoms with Gasteiger partial charge in [0.15, 0.2) is 5.76 Å². The van der Waals surface area contributed by atoms with Gasteiger partial charge in [0.1, 0.15) is 11.3 Å². The third-order valence-electron chi connectivity index (χ3n) is 3.80. The van der Waals surface area contributed by atoms with Crippen molar-refractivity contribution in [3.63, 3.8) is 0 Å². The maximum atomic E-state index is 6.03. The van der Waals surface area contributed by atoms with E-state index in [0.717, 1.165) is 41.3 Å². The Hall–Kier alpha value is -1.65. The summed E-state index contributed by atoms with van der Waals surface area (Å²) < 4.78 is 6.03. The van der Waals surface area contributed by atoms with E-state index in [4.69, 9.17) is 15.1 Å². The highest BCUT2D eigenvalue weighted by Gasteiger charge is 2.17. The number of aromatic nitrogens is 1. The normalized spacial score (nSPS) is 12.9. The number of furan rings is 1. The molecule has 0 aliphatic heterocycles. The van der Waals surface area contributed by atoms with Crippen LogP contribution < -0.4 is 5.73 Å². The molecule has 3 nitrogen and oxygen atoms in total. The molecule has 2 heterocycles. The van der Waals surface area contributed by atoms with E-state index in [1.807, 2.05) is 18.2 Å². The predicted octanol–water partition coefficient (Wildman–Crippen LogP) is 4.40. The van der Waals surface area contributed by atoms with Crippen molar-refractivity contribution in [3.8, 4) is 11.5 Å². The van der Waals surface area contributed by atoms with Crippen molar-refractivity contribution < 1.29 is 4.42 Å². The zero-order valence-corrected chi connectivity index (χ0v) is 13.2. The number of rotatable bonds is 5. The first kappa shape index (κ1) is 14.3. The molecular formula is C17H20N2OS. The molecule has 0 amide bonds. The Labute approximate surface area is 128 Å². The van der Waals surface area contributed by atoms with Gasteiger partial charge in [-0.3, -0.25) is 0 Å². The molecule has 1 aromatic carbocycles. The van der Waals surface area contributed by atoms with E-state index in [-0.39, 0.29) is 6.04 Å². The van der Waals surface area contributed by atoms with Gasteiger partial charge in [-0.05, 0) is 18.9 Å². The molecule has 1 atom stereocenters. The summed E-state index contributed by atoms with van der Waals surface area (Å²) in [6.45, 7) is 4.26. The average Bonchev–Trinajstić information content (AvgIpc) is 3.10. The summed E-state index contributed by atoms with van der Waals surface area (Å²) in [7, 11) is 0. The minimum atomic E-state index is 0.185. The molecule has 0 fully saturated rings. The van der Waals surface area contributed by atoms with Gasteiger partial charge in [-0.2, -0.15) is 0 Å². The highest BCUT2D eigenvalue weighted by molar-refractivity contribution is 7.09. The topological polar surface area (TPSA) is 52.0 Å². The first-order valence-corrected chi connectivity index (χ1v) is 8.31. The summed E-state index contributed by atoms with van der Waals surface area (Å²) in [6, 6.07) is 8.36. The van der Waals surface area contributed by atoms with Crippen molar-refractivity contribution >= 4 is 22.3 Å². The Morgan fingerprint density at radius 3 is 2.86 bits per heavy atom. The maximum absolute atomic E-state index is 6.03. The van der Waals surface area contributed by atoms with Crippen LogP contribution in [0.4, 0.5) is 0 Å². The van der Waals surface area contributed by atoms with E-state index in [1.54, 1.807) is 11.3 Å². The quantitative estimate of drug-likeness (QED) is 0.760. The van der Waals surface area contributed by atoms with Gasteiger partial charge in [0.2, 0.25) is 0 Å². The number of para-hydroxylation sites is 1. The summed E-state index contributed by atoms with van der Waals surface area (Å²) in [5.74, 6) is 0.909. The van der Waals surface area contributed by atoms with Crippen molar-refractivity contribution in [1.29, 1.82) is 0 Å². The number of nitrogens with zero attached hydrogens (tertiary/aromatic N) is 1. The third kappa shape index (κ3) is 2.74. The molecule has 2 N–H and O–H groups in total. The van der Waals surface area contributed by atoms with Crippen LogP contribution in [0, 0.1) is 0 Å². The SMILES string of the molecule is CCc1c(-c2csc(CC(N)CC)n2)oc2ccccc12. The van der Waals surface area contributed by atoms with Gasteiger partial charge in [-0.1, -0.05) is 32.0 Å². The molecular weight excluding hydrogens is 280 g/mol. The number of hydrogen-bond donors (Lipinski definition) is 1. The Balaban J connectivity index is 2.00. The highest BCUT2D eigenvalue weighted by atomic mass is 32.1. The minimum absolute atomic E-state index is 0.185. The molecule has 0 spiro atoms. The molecule has 0 saturated heterocycles. The Morgan fingerprint density at radius 2 is 2.10 bits per heavy atom. The second kappa shape index (κ2) is 6.00. The number of benzene rings is 1. The summed E-state index contributed by atoms with van der Waals surface area (Å²) >= 11 is 1.67. The van der Waals surface area contributed by atoms with Crippen LogP contribution in [0.25, 0.3) is 22.4 Å². The summed E-state index contributed by atoms with van der Waals surface area (Å²) in [6.07, 6.45) is 2.75. The number of hydrogen-bond acceptors (Lipinski definition) is 4. The second-order valence-electron chi connectivity index (χ2n) is 5.26. The fourth-order valence-corrected chi connectivity index (χ4v) is 3.40. The molecule has 3 aromatic rings. The Kier molecular flexibility index (Phi) is 4.08. The lowest BCUT2D eigenvalue weighted by Crippen LogP contribution is -2.21. The molecule has 0 radical (unpaired) electrons. The Bertz CT molecular complexity index is 744. The van der Waals surface area contributed by atoms with Crippen LogP contribution in [0.1, 0.15) is 30.8 Å². The fraction of sp³-hybridized carbons (Fsp3) is 0.353. The van der Waals surface area contributed by atoms with Gasteiger partial charge in [0, 0.05) is 28.8 Å². The zero-order chi connectivity index (χ0) is 14.8. The lowest BCUT2D eigenvalue weighted by Gasteiger charge is -2.04. The lowest BCUT2D eigenvalue weighted by atomic mass is 10.1. The predicted molar refractivity (Wildman–Crippen MR) is 88.7 cm³/mol. The average molecular weight is 300 g/mol. The third-order valence-corrected chi connectivity index (χ3v) is 4.67. The molecule has 0 aliphatic rings. The monoisotopic (exact) mass is 300 g/mol. The van der Waals surface area contributed by atoms with Crippen LogP contribution in [0.15, 0.2) is 34.1 Å². The smallest absolute Gasteiger partial charge is 0.157 e. The molecule has 21 heavy (non-hydrogen) atoms. The maximum Gasteiger partial charge on any atom is 0.157 e. The molecule has 0 saturated carbocycles. The lowest BCUT2D eigenvalue weighted by molar-refractivity contribution is 0.622. The highest BCUT2D eigenvalue weighted by Crippen LogP contribution is 2.34. The van der Waals surface area contributed by atoms with E-state index >= 15 is 0 Å². The first-order chi connectivity index (χ1) is 10.2. The molecule has 110 valence electrons. The standard InChI is InChI=1S/C17H20N2OS/c1-3-11(18)9-16-19-14(10-21-16)17-12(4-2)13-7-5-6-8-15(13)20-17/h5-8,10-11H,3-4,9,18H2,1-2H3. The van der Waals surface area contributed by atoms with Crippen LogP contribution in [0.5, 0.6) is 0 Å². The molecule has 0 aliphatic carbocycles. The van der Waals surface area contributed by atoms with E-state index in [0.29, 0.717) is 0 Å². The zero-order valence-electron chi connectivity index (χ0n) is 12.4. The Morgan fingerprint density at radius 1 is 1.29 bits per heavy atom. The summed E-state index contributed by atoms with van der Waals surface area (Å²) in [4.78, 5) is 4.72. The van der Waals surface area contributed by atoms with E-state index in [1.165, 1.54) is 10.9 Å². The summed E-state index contributed by atoms with van der Waals surface area (Å²) in [5, 5.41) is 4.35. The molecule has 0 bridgehead atoms. The summed E-state index contributed by atoms with van der Waals surface area (Å²) in [5.41, 5.74) is 9.12. The second-order valence-corrected chi connectivity index (χ2v) is 6.20. The van der Waals surface area contributed by atoms with Crippen molar-refractivity contribution in [1.82, 2.24) is 4.98 Å². The molecule has 3 rings (SSSR count). The van der Waals surface area contributed by atoms with Crippen molar-refractivity contribution in [2.45, 2.75) is 39.2 Å². The van der Waals surface area contributed by atoms with Crippen LogP contribution in [0.3, 0.4) is 0 Å². The van der Waals surface area contributed by atoms with Crippen molar-refractivity contribution in [2.24, 2.45) is 5.73 Å². The van der Waals surface area contributed by atoms with Gasteiger partial charge in [-0.15, -0.1) is 11.3 Å². The van der Waals surface area contributed by atoms with Crippen LogP contribution in [0.2, 0.25) is 0 Å². The van der Waals surface area contributed by atoms with Gasteiger partial charge < -0.3 is 10.2 Å². The first-order valence-electron chi connectivity index (χ1n) is 7.43. The van der Waals surface area contributed by atoms with Crippen molar-refractivity contribution in [3.05, 3.63) is 40.2 Å². The van der Waals surface area contributed by atoms with Gasteiger partial charge >= 0.3 is 0 Å². The number of fused-ring (bicyclic) bond motifs is 1. The van der Waals surface area contributed by atoms with Gasteiger partial charge in [-0.25, -0.2) is 4.98 Å². The van der Waals surface area contributed by atoms with E-state index in [9.17, 15) is 0 Å². The van der Waals surface area contributed by atoms with Crippen LogP contribution in [-0.4, -0.2) is 11.0 Å².